The largest absolute Gasteiger partial charge is 0.457 e. The number of rotatable bonds is 4. The van der Waals surface area contributed by atoms with Crippen molar-refractivity contribution in [3.8, 4) is 11.3 Å². The number of halogens is 4. The minimum absolute atomic E-state index is 0.248. The summed E-state index contributed by atoms with van der Waals surface area (Å²) in [6.07, 6.45) is 3.50. The zero-order valence-electron chi connectivity index (χ0n) is 17.4. The molecular formula is C27H15Cl4NO2. The number of carbonyl (C=O) groups excluding carboxylic acids is 1. The lowest BCUT2D eigenvalue weighted by Crippen LogP contribution is -2.25. The number of furan rings is 1. The number of nitrogens with zero attached hydrogens (tertiary/aromatic N) is 1. The molecular weight excluding hydrogens is 512 g/mol. The first-order chi connectivity index (χ1) is 16.4. The second-order valence-electron chi connectivity index (χ2n) is 7.53. The fraction of sp³-hybridized carbons (Fsp3) is 0. The first-order valence-corrected chi connectivity index (χ1v) is 11.8. The SMILES string of the molecule is O=C1/C(=C/c2ccc(-c3cc(Cl)ccc3Cl)o2)C=C(c2ccccc2)N1c1cccc(Cl)c1Cl. The first-order valence-electron chi connectivity index (χ1n) is 10.2. The molecule has 0 radical (unpaired) electrons. The van der Waals surface area contributed by atoms with Crippen molar-refractivity contribution in [2.75, 3.05) is 4.90 Å². The van der Waals surface area contributed by atoms with Crippen molar-refractivity contribution in [2.45, 2.75) is 0 Å². The van der Waals surface area contributed by atoms with Crippen molar-refractivity contribution >= 4 is 69.8 Å². The molecule has 2 heterocycles. The van der Waals surface area contributed by atoms with Crippen molar-refractivity contribution in [3.05, 3.63) is 122 Å². The molecule has 0 N–H and O–H groups in total. The van der Waals surface area contributed by atoms with Crippen LogP contribution >= 0.6 is 46.4 Å². The van der Waals surface area contributed by atoms with Crippen molar-refractivity contribution in [3.63, 3.8) is 0 Å². The maximum atomic E-state index is 13.6. The third-order valence-electron chi connectivity index (χ3n) is 5.34. The molecule has 0 bridgehead atoms. The molecule has 1 amide bonds. The van der Waals surface area contributed by atoms with Crippen LogP contribution in [0.2, 0.25) is 20.1 Å². The Hall–Kier alpha value is -2.95. The summed E-state index contributed by atoms with van der Waals surface area (Å²) in [6.45, 7) is 0. The Kier molecular flexibility index (Phi) is 6.28. The van der Waals surface area contributed by atoms with Crippen molar-refractivity contribution < 1.29 is 9.21 Å². The van der Waals surface area contributed by atoms with E-state index in [1.54, 1.807) is 59.5 Å². The van der Waals surface area contributed by atoms with Crippen LogP contribution in [0.4, 0.5) is 5.69 Å². The smallest absolute Gasteiger partial charge is 0.263 e. The van der Waals surface area contributed by atoms with E-state index in [0.717, 1.165) is 5.56 Å². The van der Waals surface area contributed by atoms with E-state index in [0.29, 0.717) is 54.1 Å². The molecule has 0 fully saturated rings. The lowest BCUT2D eigenvalue weighted by molar-refractivity contribution is -0.113. The number of hydrogen-bond acceptors (Lipinski definition) is 2. The second-order valence-corrected chi connectivity index (χ2v) is 9.16. The van der Waals surface area contributed by atoms with Gasteiger partial charge in [-0.25, -0.2) is 0 Å². The van der Waals surface area contributed by atoms with Crippen LogP contribution in [0.5, 0.6) is 0 Å². The van der Waals surface area contributed by atoms with E-state index >= 15 is 0 Å². The molecule has 1 aliphatic heterocycles. The zero-order valence-corrected chi connectivity index (χ0v) is 20.5. The van der Waals surface area contributed by atoms with Gasteiger partial charge in [-0.2, -0.15) is 0 Å². The van der Waals surface area contributed by atoms with Crippen LogP contribution < -0.4 is 4.90 Å². The lowest BCUT2D eigenvalue weighted by atomic mass is 10.1. The van der Waals surface area contributed by atoms with Gasteiger partial charge in [0.2, 0.25) is 0 Å². The predicted molar refractivity (Wildman–Crippen MR) is 141 cm³/mol. The van der Waals surface area contributed by atoms with Gasteiger partial charge in [0.25, 0.3) is 5.91 Å². The molecule has 0 aliphatic carbocycles. The summed E-state index contributed by atoms with van der Waals surface area (Å²) >= 11 is 25.1. The highest BCUT2D eigenvalue weighted by Crippen LogP contribution is 2.41. The summed E-state index contributed by atoms with van der Waals surface area (Å²) < 4.78 is 5.97. The highest BCUT2D eigenvalue weighted by Gasteiger charge is 2.32. The normalized spacial score (nSPS) is 14.7. The van der Waals surface area contributed by atoms with Gasteiger partial charge in [0.1, 0.15) is 11.5 Å². The average Bonchev–Trinajstić information content (AvgIpc) is 3.43. The number of amides is 1. The van der Waals surface area contributed by atoms with Gasteiger partial charge in [0.15, 0.2) is 0 Å². The summed E-state index contributed by atoms with van der Waals surface area (Å²) in [5, 5.41) is 1.73. The van der Waals surface area contributed by atoms with Crippen LogP contribution in [-0.2, 0) is 4.79 Å². The fourth-order valence-corrected chi connectivity index (χ4v) is 4.52. The van der Waals surface area contributed by atoms with E-state index in [4.69, 9.17) is 50.8 Å². The Morgan fingerprint density at radius 1 is 0.794 bits per heavy atom. The van der Waals surface area contributed by atoms with Gasteiger partial charge in [0, 0.05) is 16.2 Å². The molecule has 4 aromatic rings. The van der Waals surface area contributed by atoms with Crippen LogP contribution in [0.1, 0.15) is 11.3 Å². The van der Waals surface area contributed by atoms with E-state index < -0.39 is 0 Å². The molecule has 1 aliphatic rings. The van der Waals surface area contributed by atoms with Gasteiger partial charge >= 0.3 is 0 Å². The molecule has 7 heteroatoms. The Balaban J connectivity index is 1.58. The van der Waals surface area contributed by atoms with E-state index in [1.165, 1.54) is 0 Å². The molecule has 168 valence electrons. The highest BCUT2D eigenvalue weighted by molar-refractivity contribution is 6.44. The van der Waals surface area contributed by atoms with Crippen molar-refractivity contribution in [1.82, 2.24) is 0 Å². The molecule has 0 spiro atoms. The van der Waals surface area contributed by atoms with E-state index in [2.05, 4.69) is 0 Å². The number of carbonyl (C=O) groups is 1. The maximum absolute atomic E-state index is 13.6. The maximum Gasteiger partial charge on any atom is 0.263 e. The molecule has 34 heavy (non-hydrogen) atoms. The average molecular weight is 527 g/mol. The van der Waals surface area contributed by atoms with E-state index in [9.17, 15) is 4.79 Å². The number of benzene rings is 3. The van der Waals surface area contributed by atoms with Gasteiger partial charge in [-0.05, 0) is 60.2 Å². The van der Waals surface area contributed by atoms with Crippen molar-refractivity contribution in [2.24, 2.45) is 0 Å². The molecule has 0 atom stereocenters. The molecule has 5 rings (SSSR count). The Bertz CT molecular complexity index is 1470. The highest BCUT2D eigenvalue weighted by atomic mass is 35.5. The van der Waals surface area contributed by atoms with Crippen LogP contribution in [0.15, 0.2) is 94.9 Å². The van der Waals surface area contributed by atoms with E-state index in [1.807, 2.05) is 36.4 Å². The summed E-state index contributed by atoms with van der Waals surface area (Å²) in [6, 6.07) is 23.5. The Morgan fingerprint density at radius 3 is 2.38 bits per heavy atom. The lowest BCUT2D eigenvalue weighted by Gasteiger charge is -2.22. The third-order valence-corrected chi connectivity index (χ3v) is 6.72. The molecule has 0 unspecified atom stereocenters. The molecule has 0 saturated heterocycles. The summed E-state index contributed by atoms with van der Waals surface area (Å²) in [7, 11) is 0. The Labute approximate surface area is 216 Å². The molecule has 1 aromatic heterocycles. The number of anilines is 1. The first kappa shape index (κ1) is 22.8. The minimum Gasteiger partial charge on any atom is -0.457 e. The number of hydrogen-bond donors (Lipinski definition) is 0. The zero-order chi connectivity index (χ0) is 23.8. The quantitative estimate of drug-likeness (QED) is 0.248. The minimum atomic E-state index is -0.248. The van der Waals surface area contributed by atoms with Crippen molar-refractivity contribution in [1.29, 1.82) is 0 Å². The van der Waals surface area contributed by atoms with Gasteiger partial charge in [-0.1, -0.05) is 82.8 Å². The van der Waals surface area contributed by atoms with Crippen LogP contribution in [0.3, 0.4) is 0 Å². The fourth-order valence-electron chi connectivity index (χ4n) is 3.76. The van der Waals surface area contributed by atoms with Gasteiger partial charge in [0.05, 0.1) is 26.5 Å². The second kappa shape index (κ2) is 9.36. The molecule has 0 saturated carbocycles. The molecule has 3 aromatic carbocycles. The summed E-state index contributed by atoms with van der Waals surface area (Å²) in [5.41, 5.74) is 3.16. The van der Waals surface area contributed by atoms with Gasteiger partial charge < -0.3 is 4.42 Å². The van der Waals surface area contributed by atoms with Crippen LogP contribution in [0, 0.1) is 0 Å². The topological polar surface area (TPSA) is 33.5 Å². The predicted octanol–water partition coefficient (Wildman–Crippen LogP) is 9.03. The van der Waals surface area contributed by atoms with Gasteiger partial charge in [-0.15, -0.1) is 0 Å². The van der Waals surface area contributed by atoms with Crippen LogP contribution in [-0.4, -0.2) is 5.91 Å². The monoisotopic (exact) mass is 525 g/mol. The van der Waals surface area contributed by atoms with Gasteiger partial charge in [-0.3, -0.25) is 9.69 Å². The standard InChI is InChI=1S/C27H15Cl4NO2/c28-18-9-11-21(29)20(15-18)25-12-10-19(34-25)13-17-14-24(16-5-2-1-3-6-16)32(27(17)33)23-8-4-7-22(30)26(23)31/h1-15H/b17-13+. The molecule has 3 nitrogen and oxygen atoms in total. The summed E-state index contributed by atoms with van der Waals surface area (Å²) in [5.74, 6) is 0.797. The van der Waals surface area contributed by atoms with E-state index in [-0.39, 0.29) is 5.91 Å². The Morgan fingerprint density at radius 2 is 1.59 bits per heavy atom. The van der Waals surface area contributed by atoms with Crippen LogP contribution in [0.25, 0.3) is 23.1 Å². The third kappa shape index (κ3) is 4.28. The summed E-state index contributed by atoms with van der Waals surface area (Å²) in [4.78, 5) is 15.1.